The van der Waals surface area contributed by atoms with Crippen LogP contribution in [-0.4, -0.2) is 44.6 Å². The van der Waals surface area contributed by atoms with Crippen molar-refractivity contribution >= 4 is 17.7 Å². The average Bonchev–Trinajstić information content (AvgIpc) is 2.96. The molecule has 1 aromatic rings. The van der Waals surface area contributed by atoms with Crippen molar-refractivity contribution in [2.75, 3.05) is 18.8 Å². The van der Waals surface area contributed by atoms with Gasteiger partial charge in [-0.15, -0.1) is 0 Å². The van der Waals surface area contributed by atoms with Gasteiger partial charge in [0.2, 0.25) is 5.91 Å². The number of aromatic amines is 1. The molecule has 1 aliphatic rings. The molecule has 21 heavy (non-hydrogen) atoms. The number of likely N-dealkylation sites (tertiary alicyclic amines) is 1. The van der Waals surface area contributed by atoms with Crippen LogP contribution >= 0.6 is 11.8 Å². The smallest absolute Gasteiger partial charge is 0.222 e. The number of nitrogens with one attached hydrogen (secondary N) is 1. The Morgan fingerprint density at radius 2 is 2.33 bits per heavy atom. The first-order chi connectivity index (χ1) is 9.96. The molecule has 1 atom stereocenters. The second-order valence-electron chi connectivity index (χ2n) is 6.77. The minimum atomic E-state index is 0.292. The standard InChI is InChI=1S/C16H27N3OS/c1-16(2,3)21-9-5-7-15(20)19-8-4-6-13(12-19)14-10-17-18-11-14/h10-11,13H,4-9,12H2,1-3H3,(H,17,18)/t13-/m0/s1. The fourth-order valence-electron chi connectivity index (χ4n) is 2.72. The Kier molecular flexibility index (Phi) is 5.73. The first-order valence-corrected chi connectivity index (χ1v) is 8.85. The number of H-pyrrole nitrogens is 1. The molecule has 0 aliphatic carbocycles. The van der Waals surface area contributed by atoms with E-state index in [1.165, 1.54) is 5.56 Å². The van der Waals surface area contributed by atoms with Gasteiger partial charge in [-0.25, -0.2) is 0 Å². The molecule has 0 saturated carbocycles. The summed E-state index contributed by atoms with van der Waals surface area (Å²) in [6.07, 6.45) is 7.76. The molecule has 0 spiro atoms. The van der Waals surface area contributed by atoms with Crippen molar-refractivity contribution in [1.82, 2.24) is 15.1 Å². The molecule has 0 bridgehead atoms. The summed E-state index contributed by atoms with van der Waals surface area (Å²) >= 11 is 1.94. The number of thioether (sulfide) groups is 1. The van der Waals surface area contributed by atoms with Gasteiger partial charge in [-0.1, -0.05) is 20.8 Å². The third kappa shape index (κ3) is 5.38. The maximum atomic E-state index is 12.3. The number of carbonyl (C=O) groups is 1. The van der Waals surface area contributed by atoms with Gasteiger partial charge in [0.05, 0.1) is 6.20 Å². The minimum Gasteiger partial charge on any atom is -0.342 e. The van der Waals surface area contributed by atoms with E-state index in [0.29, 0.717) is 23.0 Å². The largest absolute Gasteiger partial charge is 0.342 e. The van der Waals surface area contributed by atoms with Crippen molar-refractivity contribution in [3.05, 3.63) is 18.0 Å². The highest BCUT2D eigenvalue weighted by atomic mass is 32.2. The fraction of sp³-hybridized carbons (Fsp3) is 0.750. The van der Waals surface area contributed by atoms with Gasteiger partial charge < -0.3 is 4.90 Å². The van der Waals surface area contributed by atoms with Gasteiger partial charge in [0.25, 0.3) is 0 Å². The lowest BCUT2D eigenvalue weighted by Crippen LogP contribution is -2.39. The quantitative estimate of drug-likeness (QED) is 0.848. The fourth-order valence-corrected chi connectivity index (χ4v) is 3.62. The molecule has 118 valence electrons. The molecule has 1 aromatic heterocycles. The normalized spacial score (nSPS) is 19.8. The van der Waals surface area contributed by atoms with E-state index in [1.807, 2.05) is 29.1 Å². The van der Waals surface area contributed by atoms with Crippen LogP contribution in [0.5, 0.6) is 0 Å². The molecule has 1 aliphatic heterocycles. The highest BCUT2D eigenvalue weighted by Crippen LogP contribution is 2.27. The second kappa shape index (κ2) is 7.34. The van der Waals surface area contributed by atoms with E-state index in [2.05, 4.69) is 31.0 Å². The Hall–Kier alpha value is -0.970. The maximum Gasteiger partial charge on any atom is 0.222 e. The number of amides is 1. The summed E-state index contributed by atoms with van der Waals surface area (Å²) in [4.78, 5) is 14.4. The molecule has 0 aromatic carbocycles. The summed E-state index contributed by atoms with van der Waals surface area (Å²) in [7, 11) is 0. The highest BCUT2D eigenvalue weighted by molar-refractivity contribution is 8.00. The first kappa shape index (κ1) is 16.4. The lowest BCUT2D eigenvalue weighted by Gasteiger charge is -2.32. The summed E-state index contributed by atoms with van der Waals surface area (Å²) in [5.41, 5.74) is 1.23. The maximum absolute atomic E-state index is 12.3. The van der Waals surface area contributed by atoms with Crippen LogP contribution in [0.2, 0.25) is 0 Å². The van der Waals surface area contributed by atoms with Crippen LogP contribution in [0.25, 0.3) is 0 Å². The van der Waals surface area contributed by atoms with E-state index >= 15 is 0 Å². The number of rotatable bonds is 5. The van der Waals surface area contributed by atoms with Crippen LogP contribution in [-0.2, 0) is 4.79 Å². The lowest BCUT2D eigenvalue weighted by molar-refractivity contribution is -0.132. The van der Waals surface area contributed by atoms with Gasteiger partial charge in [0.1, 0.15) is 0 Å². The zero-order chi connectivity index (χ0) is 15.3. The van der Waals surface area contributed by atoms with Gasteiger partial charge >= 0.3 is 0 Å². The van der Waals surface area contributed by atoms with E-state index in [9.17, 15) is 4.79 Å². The molecule has 0 radical (unpaired) electrons. The second-order valence-corrected chi connectivity index (χ2v) is 8.70. The summed E-state index contributed by atoms with van der Waals surface area (Å²) in [5, 5.41) is 6.89. The highest BCUT2D eigenvalue weighted by Gasteiger charge is 2.25. The number of hydrogen-bond donors (Lipinski definition) is 1. The van der Waals surface area contributed by atoms with Crippen LogP contribution in [0.3, 0.4) is 0 Å². The molecule has 1 fully saturated rings. The van der Waals surface area contributed by atoms with E-state index in [0.717, 1.165) is 38.1 Å². The van der Waals surface area contributed by atoms with Crippen LogP contribution in [0.15, 0.2) is 12.4 Å². The SMILES string of the molecule is CC(C)(C)SCCCC(=O)N1CCC[C@H](c2cn[nH]c2)C1. The topological polar surface area (TPSA) is 49.0 Å². The Labute approximate surface area is 132 Å². The number of hydrogen-bond acceptors (Lipinski definition) is 3. The van der Waals surface area contributed by atoms with Crippen LogP contribution in [0.4, 0.5) is 0 Å². The summed E-state index contributed by atoms with van der Waals surface area (Å²) in [5.74, 6) is 1.83. The first-order valence-electron chi connectivity index (χ1n) is 7.86. The molecule has 2 heterocycles. The number of piperidine rings is 1. The Bertz CT molecular complexity index is 439. The van der Waals surface area contributed by atoms with E-state index in [4.69, 9.17) is 0 Å². The predicted molar refractivity (Wildman–Crippen MR) is 88.6 cm³/mol. The summed E-state index contributed by atoms with van der Waals surface area (Å²) in [6, 6.07) is 0. The average molecular weight is 309 g/mol. The zero-order valence-corrected chi connectivity index (χ0v) is 14.2. The Balaban J connectivity index is 1.74. The third-order valence-corrected chi connectivity index (χ3v) is 5.19. The van der Waals surface area contributed by atoms with Gasteiger partial charge in [-0.3, -0.25) is 9.89 Å². The van der Waals surface area contributed by atoms with Crippen LogP contribution < -0.4 is 0 Å². The number of carbonyl (C=O) groups excluding carboxylic acids is 1. The van der Waals surface area contributed by atoms with E-state index in [1.54, 1.807) is 0 Å². The number of nitrogens with zero attached hydrogens (tertiary/aromatic N) is 2. The zero-order valence-electron chi connectivity index (χ0n) is 13.4. The summed E-state index contributed by atoms with van der Waals surface area (Å²) in [6.45, 7) is 8.43. The molecule has 4 nitrogen and oxygen atoms in total. The lowest BCUT2D eigenvalue weighted by atomic mass is 9.92. The summed E-state index contributed by atoms with van der Waals surface area (Å²) < 4.78 is 0.292. The molecule has 1 amide bonds. The molecule has 5 heteroatoms. The monoisotopic (exact) mass is 309 g/mol. The minimum absolute atomic E-state index is 0.292. The van der Waals surface area contributed by atoms with Crippen molar-refractivity contribution in [3.63, 3.8) is 0 Å². The molecule has 0 unspecified atom stereocenters. The van der Waals surface area contributed by atoms with Gasteiger partial charge in [-0.2, -0.15) is 16.9 Å². The molecule has 1 N–H and O–H groups in total. The van der Waals surface area contributed by atoms with Gasteiger partial charge in [0, 0.05) is 36.4 Å². The molecular weight excluding hydrogens is 282 g/mol. The predicted octanol–water partition coefficient (Wildman–Crippen LogP) is 3.43. The van der Waals surface area contributed by atoms with Gasteiger partial charge in [0.15, 0.2) is 0 Å². The molecule has 1 saturated heterocycles. The molecular formula is C16H27N3OS. The van der Waals surface area contributed by atoms with Crippen molar-refractivity contribution in [2.24, 2.45) is 0 Å². The van der Waals surface area contributed by atoms with E-state index in [-0.39, 0.29) is 0 Å². The van der Waals surface area contributed by atoms with Crippen LogP contribution in [0, 0.1) is 0 Å². The third-order valence-electron chi connectivity index (χ3n) is 3.83. The van der Waals surface area contributed by atoms with Crippen molar-refractivity contribution < 1.29 is 4.79 Å². The Morgan fingerprint density at radius 3 is 3.00 bits per heavy atom. The van der Waals surface area contributed by atoms with Gasteiger partial charge in [-0.05, 0) is 30.6 Å². The number of aromatic nitrogens is 2. The van der Waals surface area contributed by atoms with E-state index < -0.39 is 0 Å². The van der Waals surface area contributed by atoms with Crippen molar-refractivity contribution in [3.8, 4) is 0 Å². The van der Waals surface area contributed by atoms with Crippen molar-refractivity contribution in [1.29, 1.82) is 0 Å². The Morgan fingerprint density at radius 1 is 1.52 bits per heavy atom. The van der Waals surface area contributed by atoms with Crippen LogP contribution in [0.1, 0.15) is 57.9 Å². The molecule has 2 rings (SSSR count). The van der Waals surface area contributed by atoms with Crippen molar-refractivity contribution in [2.45, 2.75) is 57.1 Å².